The molecule has 0 bridgehead atoms. The van der Waals surface area contributed by atoms with E-state index in [1.165, 1.54) is 16.8 Å². The summed E-state index contributed by atoms with van der Waals surface area (Å²) in [6, 6.07) is 16.1. The van der Waals surface area contributed by atoms with Crippen LogP contribution in [0.4, 0.5) is 45.2 Å². The molecular formula is C30H27F9N4O7. The number of amides is 1. The van der Waals surface area contributed by atoms with Crippen molar-refractivity contribution in [1.29, 1.82) is 0 Å². The van der Waals surface area contributed by atoms with Gasteiger partial charge in [-0.3, -0.25) is 14.8 Å². The number of likely N-dealkylation sites (tertiary alicyclic amines) is 1. The summed E-state index contributed by atoms with van der Waals surface area (Å²) < 4.78 is 95.2. The van der Waals surface area contributed by atoms with Crippen LogP contribution >= 0.6 is 0 Å². The molecule has 0 radical (unpaired) electrons. The highest BCUT2D eigenvalue weighted by Crippen LogP contribution is 2.45. The number of carbonyl (C=O) groups excluding carboxylic acids is 1. The summed E-state index contributed by atoms with van der Waals surface area (Å²) in [6.45, 7) is 5.21. The summed E-state index contributed by atoms with van der Waals surface area (Å²) in [5.41, 5.74) is 5.33. The Labute approximate surface area is 276 Å². The van der Waals surface area contributed by atoms with Crippen LogP contribution in [-0.2, 0) is 26.3 Å². The second-order valence-electron chi connectivity index (χ2n) is 10.6. The number of anilines is 1. The number of benzene rings is 1. The van der Waals surface area contributed by atoms with Gasteiger partial charge in [0.1, 0.15) is 0 Å². The highest BCUT2D eigenvalue weighted by molar-refractivity contribution is 5.94. The maximum Gasteiger partial charge on any atom is 0.490 e. The molecule has 50 heavy (non-hydrogen) atoms. The Hall–Kier alpha value is -5.43. The number of aromatic nitrogens is 2. The predicted octanol–water partition coefficient (Wildman–Crippen LogP) is 5.49. The van der Waals surface area contributed by atoms with Crippen molar-refractivity contribution in [1.82, 2.24) is 14.9 Å². The molecule has 0 aliphatic carbocycles. The summed E-state index contributed by atoms with van der Waals surface area (Å²) >= 11 is 0. The molecular weight excluding hydrogens is 699 g/mol. The second kappa shape index (κ2) is 16.3. The fourth-order valence-electron chi connectivity index (χ4n) is 4.69. The molecule has 2 aliphatic rings. The molecule has 2 aliphatic heterocycles. The predicted molar refractivity (Wildman–Crippen MR) is 154 cm³/mol. The minimum absolute atomic E-state index is 0.0981. The molecule has 11 nitrogen and oxygen atoms in total. The Morgan fingerprint density at radius 2 is 1.26 bits per heavy atom. The minimum atomic E-state index is -5.08. The first-order chi connectivity index (χ1) is 23.0. The Morgan fingerprint density at radius 3 is 1.72 bits per heavy atom. The molecule has 1 spiro atoms. The maximum absolute atomic E-state index is 13.1. The molecule has 3 N–H and O–H groups in total. The number of carbonyl (C=O) groups is 4. The van der Waals surface area contributed by atoms with E-state index >= 15 is 0 Å². The number of hydrogen-bond donors (Lipinski definition) is 3. The van der Waals surface area contributed by atoms with E-state index in [2.05, 4.69) is 22.0 Å². The summed E-state index contributed by atoms with van der Waals surface area (Å²) in [4.78, 5) is 53.2. The van der Waals surface area contributed by atoms with Gasteiger partial charge < -0.3 is 25.1 Å². The molecule has 1 unspecified atom stereocenters. The van der Waals surface area contributed by atoms with Gasteiger partial charge in [-0.15, -0.1) is 0 Å². The van der Waals surface area contributed by atoms with E-state index in [1.807, 2.05) is 60.6 Å². The van der Waals surface area contributed by atoms with Gasteiger partial charge in [0, 0.05) is 50.3 Å². The third kappa shape index (κ3) is 11.6. The summed E-state index contributed by atoms with van der Waals surface area (Å²) in [7, 11) is 0. The van der Waals surface area contributed by atoms with Gasteiger partial charge in [-0.1, -0.05) is 23.8 Å². The smallest absolute Gasteiger partial charge is 0.475 e. The van der Waals surface area contributed by atoms with Crippen LogP contribution in [0, 0.1) is 6.92 Å². The number of aliphatic carboxylic acids is 3. The number of aryl methyl sites for hydroxylation is 1. The summed E-state index contributed by atoms with van der Waals surface area (Å²) in [6.07, 6.45) is -8.71. The molecule has 1 aromatic carbocycles. The number of hydrogen-bond acceptors (Lipinski definition) is 7. The van der Waals surface area contributed by atoms with E-state index in [4.69, 9.17) is 34.7 Å². The highest BCUT2D eigenvalue weighted by Gasteiger charge is 2.49. The number of carboxylic acid groups (broad SMARTS) is 3. The number of nitrogens with zero attached hydrogens (tertiary/aromatic N) is 4. The number of rotatable bonds is 3. The van der Waals surface area contributed by atoms with E-state index in [9.17, 15) is 44.3 Å². The zero-order chi connectivity index (χ0) is 38.1. The lowest BCUT2D eigenvalue weighted by Crippen LogP contribution is -2.38. The van der Waals surface area contributed by atoms with Crippen LogP contribution in [0.15, 0.2) is 67.1 Å². The second-order valence-corrected chi connectivity index (χ2v) is 10.6. The zero-order valence-electron chi connectivity index (χ0n) is 25.6. The molecule has 2 aromatic heterocycles. The molecule has 1 saturated heterocycles. The quantitative estimate of drug-likeness (QED) is 0.295. The van der Waals surface area contributed by atoms with E-state index < -0.39 is 36.4 Å². The SMILES string of the molecule is Cc1ccc(C(=O)N2CCC3(C2)CN(Cc2cccnc2)c2cccnc23)cc1.O=C(O)C(F)(F)F.O=C(O)C(F)(F)F.O=C(O)C(F)(F)F. The molecule has 1 atom stereocenters. The van der Waals surface area contributed by atoms with Crippen LogP contribution in [0.1, 0.15) is 33.6 Å². The summed E-state index contributed by atoms with van der Waals surface area (Å²) in [5.74, 6) is -8.16. The third-order valence-electron chi connectivity index (χ3n) is 6.89. The molecule has 1 fully saturated rings. The van der Waals surface area contributed by atoms with Gasteiger partial charge in [-0.2, -0.15) is 39.5 Å². The van der Waals surface area contributed by atoms with E-state index in [0.717, 1.165) is 37.3 Å². The molecule has 1 amide bonds. The summed E-state index contributed by atoms with van der Waals surface area (Å²) in [5, 5.41) is 21.4. The molecule has 0 saturated carbocycles. The molecule has 4 heterocycles. The number of alkyl halides is 9. The van der Waals surface area contributed by atoms with Gasteiger partial charge >= 0.3 is 36.4 Å². The largest absolute Gasteiger partial charge is 0.490 e. The lowest BCUT2D eigenvalue weighted by atomic mass is 9.85. The topological polar surface area (TPSA) is 161 Å². The number of fused-ring (bicyclic) bond motifs is 2. The van der Waals surface area contributed by atoms with Crippen molar-refractivity contribution < 1.29 is 74.0 Å². The first-order valence-corrected chi connectivity index (χ1v) is 13.8. The van der Waals surface area contributed by atoms with Gasteiger partial charge in [-0.05, 0) is 49.2 Å². The van der Waals surface area contributed by atoms with Crippen LogP contribution in [0.5, 0.6) is 0 Å². The third-order valence-corrected chi connectivity index (χ3v) is 6.89. The Balaban J connectivity index is 0.000000338. The standard InChI is InChI=1S/C24H24N4O.3C2HF3O2/c1-18-6-8-20(9-7-18)23(29)27-13-10-24(16-27)17-28(15-19-4-2-11-25-14-19)21-5-3-12-26-22(21)24;3*3-2(4,5)1(6)7/h2-9,11-12,14H,10,13,15-17H2,1H3;3*(H,6,7). The number of carboxylic acids is 3. The van der Waals surface area contributed by atoms with Crippen LogP contribution < -0.4 is 4.90 Å². The minimum Gasteiger partial charge on any atom is -0.475 e. The lowest BCUT2D eigenvalue weighted by molar-refractivity contribution is -0.193. The van der Waals surface area contributed by atoms with Crippen LogP contribution in [0.2, 0.25) is 0 Å². The van der Waals surface area contributed by atoms with Crippen LogP contribution in [-0.4, -0.2) is 92.2 Å². The first kappa shape index (κ1) is 40.7. The van der Waals surface area contributed by atoms with Gasteiger partial charge in [0.25, 0.3) is 5.91 Å². The lowest BCUT2D eigenvalue weighted by Gasteiger charge is -2.26. The van der Waals surface area contributed by atoms with E-state index in [0.29, 0.717) is 6.54 Å². The maximum atomic E-state index is 13.1. The number of halogens is 9. The first-order valence-electron chi connectivity index (χ1n) is 13.8. The average molecular weight is 727 g/mol. The van der Waals surface area contributed by atoms with Crippen molar-refractivity contribution in [3.8, 4) is 0 Å². The van der Waals surface area contributed by atoms with E-state index in [-0.39, 0.29) is 11.3 Å². The van der Waals surface area contributed by atoms with Gasteiger partial charge in [0.15, 0.2) is 0 Å². The van der Waals surface area contributed by atoms with Crippen molar-refractivity contribution in [3.63, 3.8) is 0 Å². The Morgan fingerprint density at radius 1 is 0.760 bits per heavy atom. The van der Waals surface area contributed by atoms with Crippen LogP contribution in [0.3, 0.4) is 0 Å². The normalized spacial score (nSPS) is 16.5. The van der Waals surface area contributed by atoms with Crippen LogP contribution in [0.25, 0.3) is 0 Å². The van der Waals surface area contributed by atoms with Crippen molar-refractivity contribution in [2.75, 3.05) is 24.5 Å². The van der Waals surface area contributed by atoms with Crippen molar-refractivity contribution >= 4 is 29.5 Å². The molecule has 272 valence electrons. The highest BCUT2D eigenvalue weighted by atomic mass is 19.4. The zero-order valence-corrected chi connectivity index (χ0v) is 25.6. The Bertz CT molecular complexity index is 1580. The van der Waals surface area contributed by atoms with Crippen molar-refractivity contribution in [2.45, 2.75) is 43.8 Å². The van der Waals surface area contributed by atoms with Crippen molar-refractivity contribution in [2.24, 2.45) is 0 Å². The van der Waals surface area contributed by atoms with Gasteiger partial charge in [0.2, 0.25) is 0 Å². The monoisotopic (exact) mass is 726 g/mol. The van der Waals surface area contributed by atoms with E-state index in [1.54, 1.807) is 6.20 Å². The van der Waals surface area contributed by atoms with Gasteiger partial charge in [-0.25, -0.2) is 14.4 Å². The molecule has 5 rings (SSSR count). The Kier molecular flexibility index (Phi) is 13.3. The fourth-order valence-corrected chi connectivity index (χ4v) is 4.69. The number of pyridine rings is 2. The van der Waals surface area contributed by atoms with Gasteiger partial charge in [0.05, 0.1) is 16.8 Å². The molecule has 20 heteroatoms. The average Bonchev–Trinajstić information content (AvgIpc) is 3.58. The molecule has 3 aromatic rings. The fraction of sp³-hybridized carbons (Fsp3) is 0.333. The van der Waals surface area contributed by atoms with Crippen molar-refractivity contribution in [3.05, 3.63) is 89.5 Å².